The molecule has 2 saturated carbocycles. The number of rotatable bonds is 14. The van der Waals surface area contributed by atoms with E-state index in [-0.39, 0.29) is 24.4 Å². The Morgan fingerprint density at radius 2 is 1.27 bits per heavy atom. The summed E-state index contributed by atoms with van der Waals surface area (Å²) in [5, 5.41) is 4.84. The van der Waals surface area contributed by atoms with E-state index in [1.807, 2.05) is 54.6 Å². The lowest BCUT2D eigenvalue weighted by Crippen LogP contribution is -2.37. The van der Waals surface area contributed by atoms with E-state index in [0.717, 1.165) is 57.6 Å². The zero-order chi connectivity index (χ0) is 32.8. The molecule has 4 aromatic carbocycles. The van der Waals surface area contributed by atoms with Crippen LogP contribution < -0.4 is 5.32 Å². The van der Waals surface area contributed by atoms with Crippen LogP contribution in [0.2, 0.25) is 0 Å². The Morgan fingerprint density at radius 1 is 0.653 bits per heavy atom. The Kier molecular flexibility index (Phi) is 9.94. The summed E-state index contributed by atoms with van der Waals surface area (Å²) in [6, 6.07) is 37.8. The fraction of sp³-hybridized carbons (Fsp3) is 0.381. The van der Waals surface area contributed by atoms with E-state index >= 15 is 0 Å². The fourth-order valence-corrected chi connectivity index (χ4v) is 7.15. The number of hydrogen-bond acceptors (Lipinski definition) is 7. The zero-order valence-electron chi connectivity index (χ0n) is 28.0. The minimum atomic E-state index is -0.371. The van der Waals surface area contributed by atoms with Crippen LogP contribution in [0.5, 0.6) is 0 Å². The van der Waals surface area contributed by atoms with Gasteiger partial charge in [0.2, 0.25) is 0 Å². The molecule has 3 fully saturated rings. The Hall–Kier alpha value is -4.14. The van der Waals surface area contributed by atoms with Gasteiger partial charge in [0.25, 0.3) is 0 Å². The average Bonchev–Trinajstić information content (AvgIpc) is 3.77. The fourth-order valence-electron chi connectivity index (χ4n) is 7.15. The SMILES string of the molecule is c1ccc(COC[C@H]2O[C@@H](c3ccc4c(NC5CCCC5)nc(C5CC5)nc4c3)[C@H](OCc3ccccc3)[C@@H]2OCc2ccccc2)cc1. The average molecular weight is 656 g/mol. The third kappa shape index (κ3) is 7.86. The molecule has 1 aliphatic heterocycles. The summed E-state index contributed by atoms with van der Waals surface area (Å²) >= 11 is 0. The number of ether oxygens (including phenoxy) is 4. The van der Waals surface area contributed by atoms with Crippen LogP contribution in [0.4, 0.5) is 5.82 Å². The normalized spacial score (nSPS) is 22.5. The molecule has 1 saturated heterocycles. The molecule has 2 heterocycles. The summed E-state index contributed by atoms with van der Waals surface area (Å²) in [7, 11) is 0. The molecule has 4 atom stereocenters. The van der Waals surface area contributed by atoms with Gasteiger partial charge in [-0.15, -0.1) is 0 Å². The molecular weight excluding hydrogens is 610 g/mol. The van der Waals surface area contributed by atoms with E-state index in [1.54, 1.807) is 0 Å². The molecule has 0 spiro atoms. The third-order valence-electron chi connectivity index (χ3n) is 9.98. The molecule has 1 N–H and O–H groups in total. The minimum Gasteiger partial charge on any atom is -0.374 e. The largest absolute Gasteiger partial charge is 0.374 e. The van der Waals surface area contributed by atoms with E-state index in [9.17, 15) is 0 Å². The van der Waals surface area contributed by atoms with Crippen molar-refractivity contribution < 1.29 is 18.9 Å². The summed E-state index contributed by atoms with van der Waals surface area (Å²) in [5.41, 5.74) is 5.31. The zero-order valence-corrected chi connectivity index (χ0v) is 28.0. The van der Waals surface area contributed by atoms with Gasteiger partial charge >= 0.3 is 0 Å². The van der Waals surface area contributed by atoms with Crippen LogP contribution in [0.3, 0.4) is 0 Å². The Balaban J connectivity index is 1.11. The van der Waals surface area contributed by atoms with Crippen molar-refractivity contribution in [2.24, 2.45) is 0 Å². The van der Waals surface area contributed by atoms with E-state index in [4.69, 9.17) is 28.9 Å². The number of anilines is 1. The van der Waals surface area contributed by atoms with E-state index in [1.165, 1.54) is 25.7 Å². The molecular formula is C42H45N3O4. The van der Waals surface area contributed by atoms with Gasteiger partial charge in [-0.05, 0) is 60.1 Å². The van der Waals surface area contributed by atoms with Crippen LogP contribution in [-0.4, -0.2) is 40.9 Å². The van der Waals surface area contributed by atoms with Gasteiger partial charge in [-0.2, -0.15) is 0 Å². The van der Waals surface area contributed by atoms with Gasteiger partial charge in [-0.1, -0.05) is 110 Å². The molecule has 49 heavy (non-hydrogen) atoms. The molecule has 7 heteroatoms. The molecule has 0 unspecified atom stereocenters. The summed E-state index contributed by atoms with van der Waals surface area (Å²) < 4.78 is 26.7. The first-order valence-electron chi connectivity index (χ1n) is 17.9. The number of fused-ring (bicyclic) bond motifs is 1. The second kappa shape index (κ2) is 15.2. The first kappa shape index (κ1) is 32.1. The molecule has 0 amide bonds. The van der Waals surface area contributed by atoms with Crippen LogP contribution in [-0.2, 0) is 38.8 Å². The molecule has 5 aromatic rings. The Labute approximate surface area is 289 Å². The van der Waals surface area contributed by atoms with Crippen molar-refractivity contribution in [3.05, 3.63) is 137 Å². The van der Waals surface area contributed by atoms with Crippen LogP contribution in [0.1, 0.15) is 78.6 Å². The lowest BCUT2D eigenvalue weighted by atomic mass is 9.99. The summed E-state index contributed by atoms with van der Waals surface area (Å²) in [5.74, 6) is 2.36. The number of nitrogens with one attached hydrogen (secondary N) is 1. The van der Waals surface area contributed by atoms with E-state index < -0.39 is 0 Å². The maximum absolute atomic E-state index is 6.93. The Morgan fingerprint density at radius 3 is 1.90 bits per heavy atom. The first-order chi connectivity index (χ1) is 24.3. The van der Waals surface area contributed by atoms with Gasteiger partial charge in [0.05, 0.1) is 31.9 Å². The summed E-state index contributed by atoms with van der Waals surface area (Å²) in [6.45, 7) is 1.78. The molecule has 1 aromatic heterocycles. The highest BCUT2D eigenvalue weighted by atomic mass is 16.6. The molecule has 252 valence electrons. The lowest BCUT2D eigenvalue weighted by Gasteiger charge is -2.25. The van der Waals surface area contributed by atoms with Crippen LogP contribution in [0, 0.1) is 0 Å². The Bertz CT molecular complexity index is 1800. The van der Waals surface area contributed by atoms with Gasteiger partial charge in [-0.3, -0.25) is 0 Å². The topological polar surface area (TPSA) is 74.7 Å². The third-order valence-corrected chi connectivity index (χ3v) is 9.98. The maximum atomic E-state index is 6.93. The van der Waals surface area contributed by atoms with Gasteiger partial charge in [0, 0.05) is 17.3 Å². The summed E-state index contributed by atoms with van der Waals surface area (Å²) in [4.78, 5) is 10.2. The van der Waals surface area contributed by atoms with Gasteiger partial charge in [0.15, 0.2) is 0 Å². The predicted molar refractivity (Wildman–Crippen MR) is 191 cm³/mol. The van der Waals surface area contributed by atoms with Gasteiger partial charge in [0.1, 0.15) is 36.1 Å². The molecule has 7 nitrogen and oxygen atoms in total. The van der Waals surface area contributed by atoms with Gasteiger partial charge < -0.3 is 24.3 Å². The monoisotopic (exact) mass is 655 g/mol. The molecule has 2 aliphatic carbocycles. The van der Waals surface area contributed by atoms with E-state index in [2.05, 4.69) is 59.9 Å². The standard InChI is InChI=1S/C42H45N3O4/c1-4-12-29(13-5-1)25-46-28-37-39(47-26-30-14-6-2-7-15-30)40(48-27-31-16-8-3-9-17-31)38(49-37)33-22-23-35-36(24-33)44-41(32-20-21-32)45-42(35)43-34-18-10-11-19-34/h1-9,12-17,22-24,32,34,37-40H,10-11,18-21,25-28H2,(H,43,44,45)/t37-,38+,39-,40+/m1/s1. The molecule has 0 bridgehead atoms. The molecule has 0 radical (unpaired) electrons. The van der Waals surface area contributed by atoms with Gasteiger partial charge in [-0.25, -0.2) is 9.97 Å². The van der Waals surface area contributed by atoms with Crippen molar-refractivity contribution in [3.8, 4) is 0 Å². The smallest absolute Gasteiger partial charge is 0.137 e. The van der Waals surface area contributed by atoms with Crippen molar-refractivity contribution in [3.63, 3.8) is 0 Å². The van der Waals surface area contributed by atoms with E-state index in [0.29, 0.717) is 38.4 Å². The summed E-state index contributed by atoms with van der Waals surface area (Å²) in [6.07, 6.45) is 5.81. The predicted octanol–water partition coefficient (Wildman–Crippen LogP) is 8.69. The van der Waals surface area contributed by atoms with Crippen molar-refractivity contribution in [1.82, 2.24) is 9.97 Å². The van der Waals surface area contributed by atoms with Crippen LogP contribution >= 0.6 is 0 Å². The maximum Gasteiger partial charge on any atom is 0.137 e. The highest BCUT2D eigenvalue weighted by Crippen LogP contribution is 2.42. The van der Waals surface area contributed by atoms with Crippen molar-refractivity contribution in [2.45, 2.75) is 94.7 Å². The second-order valence-corrected chi connectivity index (χ2v) is 13.7. The van der Waals surface area contributed by atoms with Crippen molar-refractivity contribution in [2.75, 3.05) is 11.9 Å². The quantitative estimate of drug-likeness (QED) is 0.128. The number of benzene rings is 4. The first-order valence-corrected chi connectivity index (χ1v) is 17.9. The minimum absolute atomic E-state index is 0.332. The van der Waals surface area contributed by atoms with Crippen LogP contribution in [0.25, 0.3) is 10.9 Å². The molecule has 8 rings (SSSR count). The van der Waals surface area contributed by atoms with Crippen molar-refractivity contribution in [1.29, 1.82) is 0 Å². The highest BCUT2D eigenvalue weighted by molar-refractivity contribution is 5.90. The number of aromatic nitrogens is 2. The number of nitrogens with zero attached hydrogens (tertiary/aromatic N) is 2. The van der Waals surface area contributed by atoms with Crippen molar-refractivity contribution >= 4 is 16.7 Å². The highest BCUT2D eigenvalue weighted by Gasteiger charge is 2.47. The molecule has 3 aliphatic rings. The van der Waals surface area contributed by atoms with Crippen LogP contribution in [0.15, 0.2) is 109 Å². The lowest BCUT2D eigenvalue weighted by molar-refractivity contribution is -0.0898. The second-order valence-electron chi connectivity index (χ2n) is 13.7. The number of hydrogen-bond donors (Lipinski definition) is 1.